The van der Waals surface area contributed by atoms with Gasteiger partial charge in [-0.1, -0.05) is 31.9 Å². The first-order chi connectivity index (χ1) is 8.29. The molecular formula is C14H18N2S. The summed E-state index contributed by atoms with van der Waals surface area (Å²) < 4.78 is 3.20. The van der Waals surface area contributed by atoms with E-state index in [1.165, 1.54) is 24.8 Å². The summed E-state index contributed by atoms with van der Waals surface area (Å²) in [6.07, 6.45) is 5.26. The maximum absolute atomic E-state index is 5.48. The molecule has 1 saturated carbocycles. The van der Waals surface area contributed by atoms with E-state index >= 15 is 0 Å². The SMILES string of the molecule is CCC(CC1CC1)n1c(=S)[nH]c2ccccc21. The highest BCUT2D eigenvalue weighted by Gasteiger charge is 2.26. The van der Waals surface area contributed by atoms with Gasteiger partial charge in [0.15, 0.2) is 4.77 Å². The van der Waals surface area contributed by atoms with E-state index in [1.807, 2.05) is 0 Å². The van der Waals surface area contributed by atoms with Gasteiger partial charge in [0.2, 0.25) is 0 Å². The van der Waals surface area contributed by atoms with E-state index in [2.05, 4.69) is 40.7 Å². The maximum atomic E-state index is 5.48. The lowest BCUT2D eigenvalue weighted by Crippen LogP contribution is -2.08. The number of hydrogen-bond donors (Lipinski definition) is 1. The van der Waals surface area contributed by atoms with Gasteiger partial charge in [-0.25, -0.2) is 0 Å². The molecule has 2 nitrogen and oxygen atoms in total. The molecule has 0 radical (unpaired) electrons. The molecule has 2 aromatic rings. The van der Waals surface area contributed by atoms with Crippen LogP contribution < -0.4 is 0 Å². The molecule has 1 aliphatic carbocycles. The fraction of sp³-hybridized carbons (Fsp3) is 0.500. The van der Waals surface area contributed by atoms with Gasteiger partial charge in [-0.05, 0) is 43.1 Å². The van der Waals surface area contributed by atoms with Gasteiger partial charge in [-0.15, -0.1) is 0 Å². The van der Waals surface area contributed by atoms with Crippen LogP contribution in [0.2, 0.25) is 0 Å². The molecule has 0 bridgehead atoms. The van der Waals surface area contributed by atoms with Crippen molar-refractivity contribution in [3.05, 3.63) is 29.0 Å². The predicted molar refractivity (Wildman–Crippen MR) is 73.8 cm³/mol. The number of imidazole rings is 1. The number of aromatic amines is 1. The van der Waals surface area contributed by atoms with Crippen molar-refractivity contribution in [1.29, 1.82) is 0 Å². The molecule has 0 amide bonds. The Hall–Kier alpha value is -1.09. The lowest BCUT2D eigenvalue weighted by molar-refractivity contribution is 0.434. The van der Waals surface area contributed by atoms with Crippen LogP contribution >= 0.6 is 12.2 Å². The quantitative estimate of drug-likeness (QED) is 0.790. The summed E-state index contributed by atoms with van der Waals surface area (Å²) in [4.78, 5) is 3.31. The molecular weight excluding hydrogens is 228 g/mol. The molecule has 1 heterocycles. The molecule has 1 N–H and O–H groups in total. The summed E-state index contributed by atoms with van der Waals surface area (Å²) in [5.74, 6) is 0.940. The average Bonchev–Trinajstić information content (AvgIpc) is 3.08. The molecule has 1 aliphatic rings. The Labute approximate surface area is 107 Å². The highest BCUT2D eigenvalue weighted by molar-refractivity contribution is 7.71. The van der Waals surface area contributed by atoms with E-state index in [4.69, 9.17) is 12.2 Å². The summed E-state index contributed by atoms with van der Waals surface area (Å²) >= 11 is 5.48. The third-order valence-corrected chi connectivity index (χ3v) is 4.06. The van der Waals surface area contributed by atoms with Gasteiger partial charge in [0.1, 0.15) is 0 Å². The Morgan fingerprint density at radius 2 is 2.18 bits per heavy atom. The molecule has 90 valence electrons. The van der Waals surface area contributed by atoms with Gasteiger partial charge in [0, 0.05) is 6.04 Å². The van der Waals surface area contributed by atoms with E-state index in [0.29, 0.717) is 6.04 Å². The van der Waals surface area contributed by atoms with Crippen LogP contribution in [0.5, 0.6) is 0 Å². The molecule has 0 saturated heterocycles. The molecule has 1 aromatic carbocycles. The summed E-state index contributed by atoms with van der Waals surface area (Å²) in [7, 11) is 0. The number of aromatic nitrogens is 2. The zero-order valence-corrected chi connectivity index (χ0v) is 11.0. The molecule has 1 fully saturated rings. The van der Waals surface area contributed by atoms with Crippen LogP contribution in [0.1, 0.15) is 38.6 Å². The van der Waals surface area contributed by atoms with Crippen molar-refractivity contribution in [2.45, 2.75) is 38.6 Å². The summed E-state index contributed by atoms with van der Waals surface area (Å²) in [6.45, 7) is 2.26. The van der Waals surface area contributed by atoms with E-state index in [-0.39, 0.29) is 0 Å². The summed E-state index contributed by atoms with van der Waals surface area (Å²) in [5, 5.41) is 0. The van der Waals surface area contributed by atoms with Crippen molar-refractivity contribution in [3.63, 3.8) is 0 Å². The second kappa shape index (κ2) is 4.30. The van der Waals surface area contributed by atoms with Gasteiger partial charge >= 0.3 is 0 Å². The molecule has 1 unspecified atom stereocenters. The number of rotatable bonds is 4. The van der Waals surface area contributed by atoms with Crippen molar-refractivity contribution in [2.24, 2.45) is 5.92 Å². The van der Waals surface area contributed by atoms with Crippen molar-refractivity contribution < 1.29 is 0 Å². The van der Waals surface area contributed by atoms with Crippen LogP contribution in [0.25, 0.3) is 11.0 Å². The average molecular weight is 246 g/mol. The van der Waals surface area contributed by atoms with Crippen molar-refractivity contribution in [2.75, 3.05) is 0 Å². The number of benzene rings is 1. The van der Waals surface area contributed by atoms with E-state index in [1.54, 1.807) is 0 Å². The largest absolute Gasteiger partial charge is 0.331 e. The first kappa shape index (κ1) is 11.0. The molecule has 0 aliphatic heterocycles. The molecule has 1 atom stereocenters. The predicted octanol–water partition coefficient (Wildman–Crippen LogP) is 4.45. The molecule has 3 rings (SSSR count). The van der Waals surface area contributed by atoms with Crippen LogP contribution in [0.4, 0.5) is 0 Å². The van der Waals surface area contributed by atoms with Crippen LogP contribution in [0.3, 0.4) is 0 Å². The Kier molecular flexibility index (Phi) is 2.79. The molecule has 1 aromatic heterocycles. The van der Waals surface area contributed by atoms with Crippen molar-refractivity contribution >= 4 is 23.3 Å². The minimum atomic E-state index is 0.561. The van der Waals surface area contributed by atoms with Gasteiger partial charge < -0.3 is 9.55 Å². The number of fused-ring (bicyclic) bond motifs is 1. The lowest BCUT2D eigenvalue weighted by Gasteiger charge is -2.17. The first-order valence-corrected chi connectivity index (χ1v) is 6.89. The summed E-state index contributed by atoms with van der Waals surface area (Å²) in [5.41, 5.74) is 2.41. The zero-order valence-electron chi connectivity index (χ0n) is 10.1. The Balaban J connectivity index is 2.07. The second-order valence-corrected chi connectivity index (χ2v) is 5.45. The van der Waals surface area contributed by atoms with E-state index in [0.717, 1.165) is 22.6 Å². The monoisotopic (exact) mass is 246 g/mol. The topological polar surface area (TPSA) is 20.7 Å². The van der Waals surface area contributed by atoms with E-state index in [9.17, 15) is 0 Å². The third kappa shape index (κ3) is 2.04. The smallest absolute Gasteiger partial charge is 0.178 e. The fourth-order valence-electron chi connectivity index (χ4n) is 2.63. The molecule has 3 heteroatoms. The van der Waals surface area contributed by atoms with Crippen LogP contribution in [0.15, 0.2) is 24.3 Å². The van der Waals surface area contributed by atoms with E-state index < -0.39 is 0 Å². The minimum Gasteiger partial charge on any atom is -0.331 e. The lowest BCUT2D eigenvalue weighted by atomic mass is 10.1. The zero-order chi connectivity index (χ0) is 11.8. The Morgan fingerprint density at radius 3 is 2.88 bits per heavy atom. The highest BCUT2D eigenvalue weighted by Crippen LogP contribution is 2.38. The highest BCUT2D eigenvalue weighted by atomic mass is 32.1. The second-order valence-electron chi connectivity index (χ2n) is 5.06. The van der Waals surface area contributed by atoms with Gasteiger partial charge in [-0.2, -0.15) is 0 Å². The number of nitrogens with one attached hydrogen (secondary N) is 1. The number of nitrogens with zero attached hydrogens (tertiary/aromatic N) is 1. The van der Waals surface area contributed by atoms with Gasteiger partial charge in [-0.3, -0.25) is 0 Å². The van der Waals surface area contributed by atoms with Crippen LogP contribution in [0, 0.1) is 10.7 Å². The third-order valence-electron chi connectivity index (χ3n) is 3.76. The number of para-hydroxylation sites is 2. The summed E-state index contributed by atoms with van der Waals surface area (Å²) in [6, 6.07) is 8.97. The standard InChI is InChI=1S/C14H18N2S/c1-2-11(9-10-7-8-10)16-13-6-4-3-5-12(13)15-14(16)17/h3-6,10-11H,2,7-9H2,1H3,(H,15,17). The number of H-pyrrole nitrogens is 1. The Bertz CT molecular complexity index is 577. The fourth-order valence-corrected chi connectivity index (χ4v) is 2.99. The minimum absolute atomic E-state index is 0.561. The van der Waals surface area contributed by atoms with Crippen molar-refractivity contribution in [3.8, 4) is 0 Å². The van der Waals surface area contributed by atoms with Gasteiger partial charge in [0.05, 0.1) is 11.0 Å². The Morgan fingerprint density at radius 1 is 1.41 bits per heavy atom. The van der Waals surface area contributed by atoms with Crippen LogP contribution in [-0.2, 0) is 0 Å². The normalized spacial score (nSPS) is 17.5. The van der Waals surface area contributed by atoms with Gasteiger partial charge in [0.25, 0.3) is 0 Å². The molecule has 0 spiro atoms. The van der Waals surface area contributed by atoms with Crippen LogP contribution in [-0.4, -0.2) is 9.55 Å². The first-order valence-electron chi connectivity index (χ1n) is 6.49. The maximum Gasteiger partial charge on any atom is 0.178 e. The number of hydrogen-bond acceptors (Lipinski definition) is 1. The molecule has 17 heavy (non-hydrogen) atoms. The van der Waals surface area contributed by atoms with Crippen molar-refractivity contribution in [1.82, 2.24) is 9.55 Å².